The average Bonchev–Trinajstić information content (AvgIpc) is 2.52. The van der Waals surface area contributed by atoms with Crippen molar-refractivity contribution in [1.29, 1.82) is 0 Å². The molecule has 0 amide bonds. The van der Waals surface area contributed by atoms with E-state index in [4.69, 9.17) is 4.74 Å². The molecule has 0 unspecified atom stereocenters. The Balaban J connectivity index is 2.05. The fraction of sp³-hybridized carbons (Fsp3) is 0.316. The van der Waals surface area contributed by atoms with Gasteiger partial charge in [0.25, 0.3) is 0 Å². The molecule has 2 heteroatoms. The van der Waals surface area contributed by atoms with E-state index in [1.807, 2.05) is 24.3 Å². The van der Waals surface area contributed by atoms with Gasteiger partial charge in [0, 0.05) is 0 Å². The number of hydrogen-bond acceptors (Lipinski definition) is 2. The standard InChI is InChI=1S/C19H22O2/c1-14(2)18-7-5-4-6-16(18)11-8-15-9-12-17(13-10-15)19(20)21-3/h4-7,9-10,12-14H,8,11H2,1-3H3. The zero-order valence-corrected chi connectivity index (χ0v) is 12.9. The number of aryl methyl sites for hydroxylation is 2. The number of carbonyl (C=O) groups excluding carboxylic acids is 1. The molecule has 0 fully saturated rings. The topological polar surface area (TPSA) is 26.3 Å². The Bertz CT molecular complexity index is 597. The SMILES string of the molecule is COC(=O)c1ccc(CCc2ccccc2C(C)C)cc1. The van der Waals surface area contributed by atoms with E-state index >= 15 is 0 Å². The first-order valence-corrected chi connectivity index (χ1v) is 7.37. The first-order chi connectivity index (χ1) is 10.1. The third-order valence-electron chi connectivity index (χ3n) is 3.74. The van der Waals surface area contributed by atoms with E-state index in [1.54, 1.807) is 0 Å². The molecule has 2 aromatic rings. The molecule has 0 saturated carbocycles. The first-order valence-electron chi connectivity index (χ1n) is 7.37. The summed E-state index contributed by atoms with van der Waals surface area (Å²) < 4.78 is 4.71. The second-order valence-electron chi connectivity index (χ2n) is 5.54. The van der Waals surface area contributed by atoms with Gasteiger partial charge in [-0.05, 0) is 47.6 Å². The number of methoxy groups -OCH3 is 1. The molecule has 2 nitrogen and oxygen atoms in total. The lowest BCUT2D eigenvalue weighted by atomic mass is 9.93. The molecule has 110 valence electrons. The van der Waals surface area contributed by atoms with Crippen LogP contribution in [0.3, 0.4) is 0 Å². The molecule has 0 spiro atoms. The van der Waals surface area contributed by atoms with Crippen LogP contribution in [0, 0.1) is 0 Å². The zero-order chi connectivity index (χ0) is 15.2. The van der Waals surface area contributed by atoms with Gasteiger partial charge in [-0.3, -0.25) is 0 Å². The van der Waals surface area contributed by atoms with Crippen LogP contribution < -0.4 is 0 Å². The Kier molecular flexibility index (Phi) is 5.15. The summed E-state index contributed by atoms with van der Waals surface area (Å²) >= 11 is 0. The molecule has 2 aromatic carbocycles. The van der Waals surface area contributed by atoms with E-state index in [2.05, 4.69) is 38.1 Å². The lowest BCUT2D eigenvalue weighted by Gasteiger charge is -2.12. The third kappa shape index (κ3) is 3.94. The third-order valence-corrected chi connectivity index (χ3v) is 3.74. The molecule has 0 aliphatic carbocycles. The molecule has 2 rings (SSSR count). The minimum absolute atomic E-state index is 0.285. The molecule has 0 aliphatic rings. The molecule has 21 heavy (non-hydrogen) atoms. The van der Waals surface area contributed by atoms with Crippen molar-refractivity contribution >= 4 is 5.97 Å². The van der Waals surface area contributed by atoms with Crippen LogP contribution in [0.25, 0.3) is 0 Å². The van der Waals surface area contributed by atoms with Gasteiger partial charge in [0.2, 0.25) is 0 Å². The van der Waals surface area contributed by atoms with Crippen molar-refractivity contribution < 1.29 is 9.53 Å². The van der Waals surface area contributed by atoms with Gasteiger partial charge in [0.1, 0.15) is 0 Å². The van der Waals surface area contributed by atoms with Gasteiger partial charge in [-0.25, -0.2) is 4.79 Å². The Morgan fingerprint density at radius 3 is 2.29 bits per heavy atom. The second-order valence-corrected chi connectivity index (χ2v) is 5.54. The van der Waals surface area contributed by atoms with E-state index in [1.165, 1.54) is 23.8 Å². The quantitative estimate of drug-likeness (QED) is 0.761. The fourth-order valence-corrected chi connectivity index (χ4v) is 2.53. The van der Waals surface area contributed by atoms with Crippen LogP contribution in [0.5, 0.6) is 0 Å². The van der Waals surface area contributed by atoms with Crippen molar-refractivity contribution in [1.82, 2.24) is 0 Å². The summed E-state index contributed by atoms with van der Waals surface area (Å²) in [5, 5.41) is 0. The molecular formula is C19H22O2. The van der Waals surface area contributed by atoms with Crippen molar-refractivity contribution in [2.75, 3.05) is 7.11 Å². The van der Waals surface area contributed by atoms with E-state index in [0.717, 1.165) is 12.8 Å². The van der Waals surface area contributed by atoms with Gasteiger partial charge in [-0.1, -0.05) is 50.2 Å². The van der Waals surface area contributed by atoms with Gasteiger partial charge in [0.15, 0.2) is 0 Å². The molecule has 0 N–H and O–H groups in total. The van der Waals surface area contributed by atoms with Crippen LogP contribution in [0.1, 0.15) is 46.8 Å². The molecule has 0 heterocycles. The highest BCUT2D eigenvalue weighted by Gasteiger charge is 2.07. The molecule has 0 aromatic heterocycles. The van der Waals surface area contributed by atoms with Crippen LogP contribution in [-0.2, 0) is 17.6 Å². The maximum atomic E-state index is 11.4. The highest BCUT2D eigenvalue weighted by Crippen LogP contribution is 2.20. The van der Waals surface area contributed by atoms with Crippen LogP contribution in [0.15, 0.2) is 48.5 Å². The molecule has 0 atom stereocenters. The van der Waals surface area contributed by atoms with Crippen LogP contribution >= 0.6 is 0 Å². The largest absolute Gasteiger partial charge is 0.465 e. The van der Waals surface area contributed by atoms with Gasteiger partial charge < -0.3 is 4.74 Å². The second kappa shape index (κ2) is 7.07. The molecule has 0 saturated heterocycles. The van der Waals surface area contributed by atoms with Crippen molar-refractivity contribution in [3.8, 4) is 0 Å². The first kappa shape index (κ1) is 15.3. The smallest absolute Gasteiger partial charge is 0.337 e. The molecular weight excluding hydrogens is 260 g/mol. The van der Waals surface area contributed by atoms with Crippen molar-refractivity contribution in [3.63, 3.8) is 0 Å². The van der Waals surface area contributed by atoms with Crippen LogP contribution in [0.2, 0.25) is 0 Å². The number of rotatable bonds is 5. The Morgan fingerprint density at radius 1 is 1.00 bits per heavy atom. The minimum Gasteiger partial charge on any atom is -0.465 e. The van der Waals surface area contributed by atoms with Crippen molar-refractivity contribution in [2.24, 2.45) is 0 Å². The Hall–Kier alpha value is -2.09. The van der Waals surface area contributed by atoms with Gasteiger partial charge >= 0.3 is 5.97 Å². The van der Waals surface area contributed by atoms with Crippen molar-refractivity contribution in [2.45, 2.75) is 32.6 Å². The maximum absolute atomic E-state index is 11.4. The number of esters is 1. The maximum Gasteiger partial charge on any atom is 0.337 e. The Morgan fingerprint density at radius 2 is 1.67 bits per heavy atom. The predicted molar refractivity (Wildman–Crippen MR) is 85.7 cm³/mol. The monoisotopic (exact) mass is 282 g/mol. The Labute approximate surface area is 126 Å². The number of ether oxygens (including phenoxy) is 1. The lowest BCUT2D eigenvalue weighted by Crippen LogP contribution is -2.02. The summed E-state index contributed by atoms with van der Waals surface area (Å²) in [6, 6.07) is 16.3. The van der Waals surface area contributed by atoms with Crippen molar-refractivity contribution in [3.05, 3.63) is 70.8 Å². The van der Waals surface area contributed by atoms with E-state index < -0.39 is 0 Å². The fourth-order valence-electron chi connectivity index (χ4n) is 2.53. The van der Waals surface area contributed by atoms with Gasteiger partial charge in [0.05, 0.1) is 12.7 Å². The average molecular weight is 282 g/mol. The van der Waals surface area contributed by atoms with E-state index in [-0.39, 0.29) is 5.97 Å². The summed E-state index contributed by atoms with van der Waals surface area (Å²) in [7, 11) is 1.40. The van der Waals surface area contributed by atoms with Gasteiger partial charge in [-0.15, -0.1) is 0 Å². The minimum atomic E-state index is -0.285. The molecule has 0 radical (unpaired) electrons. The highest BCUT2D eigenvalue weighted by molar-refractivity contribution is 5.89. The highest BCUT2D eigenvalue weighted by atomic mass is 16.5. The molecule has 0 aliphatic heterocycles. The zero-order valence-electron chi connectivity index (χ0n) is 12.9. The summed E-state index contributed by atoms with van der Waals surface area (Å²) in [5.41, 5.74) is 4.67. The number of carbonyl (C=O) groups is 1. The summed E-state index contributed by atoms with van der Waals surface area (Å²) in [6.45, 7) is 4.45. The van der Waals surface area contributed by atoms with E-state index in [0.29, 0.717) is 11.5 Å². The predicted octanol–water partition coefficient (Wildman–Crippen LogP) is 4.38. The van der Waals surface area contributed by atoms with Crippen LogP contribution in [-0.4, -0.2) is 13.1 Å². The van der Waals surface area contributed by atoms with Gasteiger partial charge in [-0.2, -0.15) is 0 Å². The summed E-state index contributed by atoms with van der Waals surface area (Å²) in [6.07, 6.45) is 2.00. The normalized spacial score (nSPS) is 10.7. The number of benzene rings is 2. The lowest BCUT2D eigenvalue weighted by molar-refractivity contribution is 0.0600. The molecule has 0 bridgehead atoms. The summed E-state index contributed by atoms with van der Waals surface area (Å²) in [5.74, 6) is 0.259. The van der Waals surface area contributed by atoms with Crippen LogP contribution in [0.4, 0.5) is 0 Å². The summed E-state index contributed by atoms with van der Waals surface area (Å²) in [4.78, 5) is 11.4. The number of hydrogen-bond donors (Lipinski definition) is 0. The van der Waals surface area contributed by atoms with E-state index in [9.17, 15) is 4.79 Å².